The monoisotopic (exact) mass is 350 g/mol. The van der Waals surface area contributed by atoms with E-state index in [-0.39, 0.29) is 5.82 Å². The Balaban J connectivity index is 2.07. The third kappa shape index (κ3) is 5.02. The van der Waals surface area contributed by atoms with E-state index in [0.717, 1.165) is 51.9 Å². The lowest BCUT2D eigenvalue weighted by atomic mass is 9.97. The number of carboxylic acid groups (broad SMARTS) is 1. The zero-order chi connectivity index (χ0) is 18.4. The molecule has 1 atom stereocenters. The number of aryl methyl sites for hydroxylation is 1. The second-order valence-corrected chi connectivity index (χ2v) is 7.05. The van der Waals surface area contributed by atoms with Crippen molar-refractivity contribution in [2.24, 2.45) is 0 Å². The largest absolute Gasteiger partial charge is 0.480 e. The van der Waals surface area contributed by atoms with Gasteiger partial charge in [0.2, 0.25) is 0 Å². The van der Waals surface area contributed by atoms with Crippen LogP contribution in [-0.4, -0.2) is 53.1 Å². The van der Waals surface area contributed by atoms with E-state index in [1.54, 1.807) is 19.1 Å². The minimum Gasteiger partial charge on any atom is -0.480 e. The first kappa shape index (κ1) is 19.9. The number of hydrogen-bond donors (Lipinski definition) is 1. The maximum absolute atomic E-state index is 13.5. The number of nitrogens with zero attached hydrogens (tertiary/aromatic N) is 2. The predicted molar refractivity (Wildman–Crippen MR) is 98.3 cm³/mol. The van der Waals surface area contributed by atoms with Gasteiger partial charge in [0.05, 0.1) is 0 Å². The van der Waals surface area contributed by atoms with Gasteiger partial charge in [0.1, 0.15) is 11.9 Å². The maximum atomic E-state index is 13.5. The maximum Gasteiger partial charge on any atom is 0.325 e. The smallest absolute Gasteiger partial charge is 0.325 e. The number of carboxylic acids is 1. The Morgan fingerprint density at radius 3 is 2.36 bits per heavy atom. The number of hydrogen-bond acceptors (Lipinski definition) is 3. The second kappa shape index (κ2) is 9.30. The summed E-state index contributed by atoms with van der Waals surface area (Å²) in [6.45, 7) is 9.83. The summed E-state index contributed by atoms with van der Waals surface area (Å²) < 4.78 is 13.5. The predicted octanol–water partition coefficient (Wildman–Crippen LogP) is 3.85. The topological polar surface area (TPSA) is 43.8 Å². The summed E-state index contributed by atoms with van der Waals surface area (Å²) in [4.78, 5) is 16.5. The molecular weight excluding hydrogens is 319 g/mol. The van der Waals surface area contributed by atoms with Gasteiger partial charge >= 0.3 is 5.97 Å². The van der Waals surface area contributed by atoms with Gasteiger partial charge in [0.15, 0.2) is 0 Å². The molecule has 140 valence electrons. The van der Waals surface area contributed by atoms with Crippen LogP contribution in [0.1, 0.15) is 56.7 Å². The molecule has 0 aliphatic carbocycles. The van der Waals surface area contributed by atoms with Crippen LogP contribution in [0.15, 0.2) is 18.2 Å². The lowest BCUT2D eigenvalue weighted by molar-refractivity contribution is -0.144. The van der Waals surface area contributed by atoms with Crippen molar-refractivity contribution < 1.29 is 14.3 Å². The quantitative estimate of drug-likeness (QED) is 0.773. The van der Waals surface area contributed by atoms with E-state index < -0.39 is 12.0 Å². The lowest BCUT2D eigenvalue weighted by Crippen LogP contribution is -2.47. The van der Waals surface area contributed by atoms with Crippen LogP contribution >= 0.6 is 0 Å². The van der Waals surface area contributed by atoms with E-state index >= 15 is 0 Å². The van der Waals surface area contributed by atoms with E-state index in [1.165, 1.54) is 6.07 Å². The first-order valence-electron chi connectivity index (χ1n) is 9.44. The normalized spacial score (nSPS) is 17.8. The van der Waals surface area contributed by atoms with Gasteiger partial charge in [-0.15, -0.1) is 0 Å². The van der Waals surface area contributed by atoms with Gasteiger partial charge < -0.3 is 10.0 Å². The Morgan fingerprint density at radius 2 is 1.88 bits per heavy atom. The molecule has 0 bridgehead atoms. The molecule has 1 fully saturated rings. The molecule has 25 heavy (non-hydrogen) atoms. The van der Waals surface area contributed by atoms with Crippen LogP contribution in [0.3, 0.4) is 0 Å². The Morgan fingerprint density at radius 1 is 1.28 bits per heavy atom. The average Bonchev–Trinajstić information content (AvgIpc) is 2.58. The number of rotatable bonds is 8. The summed E-state index contributed by atoms with van der Waals surface area (Å²) in [5, 5.41) is 9.74. The third-order valence-electron chi connectivity index (χ3n) is 5.13. The molecule has 1 aromatic rings. The molecule has 1 aromatic carbocycles. The van der Waals surface area contributed by atoms with Crippen molar-refractivity contribution in [3.8, 4) is 0 Å². The number of likely N-dealkylation sites (tertiary alicyclic amines) is 1. The number of halogens is 1. The summed E-state index contributed by atoms with van der Waals surface area (Å²) in [6, 6.07) is 4.50. The first-order chi connectivity index (χ1) is 12.0. The third-order valence-corrected chi connectivity index (χ3v) is 5.13. The van der Waals surface area contributed by atoms with Crippen LogP contribution in [0, 0.1) is 12.7 Å². The van der Waals surface area contributed by atoms with Crippen LogP contribution < -0.4 is 0 Å². The van der Waals surface area contributed by atoms with Crippen molar-refractivity contribution in [1.29, 1.82) is 0 Å². The first-order valence-corrected chi connectivity index (χ1v) is 9.44. The molecule has 0 radical (unpaired) electrons. The van der Waals surface area contributed by atoms with Crippen molar-refractivity contribution in [3.63, 3.8) is 0 Å². The standard InChI is InChI=1S/C20H31FN2O2/c1-4-10-22(11-5-2)17-8-12-23(13-9-17)19(20(24)25)16-6-7-18(21)15(3)14-16/h6-7,14,17,19H,4-5,8-13H2,1-3H3,(H,24,25)/t19-/m0/s1. The molecule has 1 aliphatic heterocycles. The van der Waals surface area contributed by atoms with Crippen LogP contribution in [0.4, 0.5) is 4.39 Å². The van der Waals surface area contributed by atoms with Gasteiger partial charge in [0, 0.05) is 19.1 Å². The summed E-state index contributed by atoms with van der Waals surface area (Å²) in [6.07, 6.45) is 4.27. The van der Waals surface area contributed by atoms with Crippen molar-refractivity contribution in [2.75, 3.05) is 26.2 Å². The number of piperidine rings is 1. The van der Waals surface area contributed by atoms with E-state index in [9.17, 15) is 14.3 Å². The van der Waals surface area contributed by atoms with Crippen LogP contribution in [0.25, 0.3) is 0 Å². The molecule has 1 heterocycles. The fourth-order valence-corrected chi connectivity index (χ4v) is 3.91. The van der Waals surface area contributed by atoms with E-state index in [1.807, 2.05) is 4.90 Å². The Hall–Kier alpha value is -1.46. The minimum absolute atomic E-state index is 0.290. The van der Waals surface area contributed by atoms with Crippen LogP contribution in [-0.2, 0) is 4.79 Å². The molecule has 0 unspecified atom stereocenters. The molecule has 4 nitrogen and oxygen atoms in total. The van der Waals surface area contributed by atoms with E-state index in [0.29, 0.717) is 17.2 Å². The molecule has 1 aliphatic rings. The van der Waals surface area contributed by atoms with Gasteiger partial charge in [-0.2, -0.15) is 0 Å². The molecular formula is C20H31FN2O2. The number of benzene rings is 1. The molecule has 0 aromatic heterocycles. The Labute approximate surface area is 150 Å². The highest BCUT2D eigenvalue weighted by Crippen LogP contribution is 2.28. The number of carbonyl (C=O) groups is 1. The minimum atomic E-state index is -0.858. The second-order valence-electron chi connectivity index (χ2n) is 7.05. The summed E-state index contributed by atoms with van der Waals surface area (Å²) in [5.74, 6) is -1.15. The van der Waals surface area contributed by atoms with Crippen molar-refractivity contribution in [2.45, 2.75) is 58.5 Å². The molecule has 0 saturated carbocycles. The zero-order valence-corrected chi connectivity index (χ0v) is 15.7. The summed E-state index contributed by atoms with van der Waals surface area (Å²) in [5.41, 5.74) is 1.17. The van der Waals surface area contributed by atoms with Crippen LogP contribution in [0.5, 0.6) is 0 Å². The fraction of sp³-hybridized carbons (Fsp3) is 0.650. The van der Waals surface area contributed by atoms with E-state index in [2.05, 4.69) is 18.7 Å². The fourth-order valence-electron chi connectivity index (χ4n) is 3.91. The summed E-state index contributed by atoms with van der Waals surface area (Å²) >= 11 is 0. The number of aliphatic carboxylic acids is 1. The molecule has 5 heteroatoms. The lowest BCUT2D eigenvalue weighted by Gasteiger charge is -2.40. The van der Waals surface area contributed by atoms with Crippen LogP contribution in [0.2, 0.25) is 0 Å². The van der Waals surface area contributed by atoms with Gasteiger partial charge in [-0.1, -0.05) is 26.0 Å². The molecule has 1 N–H and O–H groups in total. The van der Waals surface area contributed by atoms with Gasteiger partial charge in [-0.25, -0.2) is 4.39 Å². The SMILES string of the molecule is CCCN(CCC)C1CCN([C@H](C(=O)O)c2ccc(F)c(C)c2)CC1. The highest BCUT2D eigenvalue weighted by atomic mass is 19.1. The molecule has 2 rings (SSSR count). The molecule has 0 spiro atoms. The summed E-state index contributed by atoms with van der Waals surface area (Å²) in [7, 11) is 0. The Bertz CT molecular complexity index is 565. The zero-order valence-electron chi connectivity index (χ0n) is 15.7. The van der Waals surface area contributed by atoms with Gasteiger partial charge in [0.25, 0.3) is 0 Å². The van der Waals surface area contributed by atoms with Gasteiger partial charge in [-0.05, 0) is 62.9 Å². The average molecular weight is 350 g/mol. The van der Waals surface area contributed by atoms with Crippen molar-refractivity contribution in [1.82, 2.24) is 9.80 Å². The van der Waals surface area contributed by atoms with Crippen molar-refractivity contribution >= 4 is 5.97 Å². The highest BCUT2D eigenvalue weighted by Gasteiger charge is 2.32. The Kier molecular flexibility index (Phi) is 7.38. The van der Waals surface area contributed by atoms with Gasteiger partial charge in [-0.3, -0.25) is 9.69 Å². The highest BCUT2D eigenvalue weighted by molar-refractivity contribution is 5.75. The van der Waals surface area contributed by atoms with Crippen molar-refractivity contribution in [3.05, 3.63) is 35.1 Å². The van der Waals surface area contributed by atoms with E-state index in [4.69, 9.17) is 0 Å². The molecule has 0 amide bonds. The molecule has 1 saturated heterocycles.